The number of hydrogen-bond donors (Lipinski definition) is 0. The van der Waals surface area contributed by atoms with Gasteiger partial charge in [0.1, 0.15) is 5.69 Å². The van der Waals surface area contributed by atoms with E-state index in [-0.39, 0.29) is 0 Å². The van der Waals surface area contributed by atoms with Crippen LogP contribution >= 0.6 is 0 Å². The zero-order chi connectivity index (χ0) is 37.3. The fourth-order valence-electron chi connectivity index (χ4n) is 6.90. The number of nitrogens with zero attached hydrogens (tertiary/aromatic N) is 7. The molecule has 10 aromatic rings. The summed E-state index contributed by atoms with van der Waals surface area (Å²) in [6, 6.07) is 63.1. The van der Waals surface area contributed by atoms with E-state index in [4.69, 9.17) is 34.9 Å². The lowest BCUT2D eigenvalue weighted by molar-refractivity contribution is 1.05. The number of benzene rings is 7. The zero-order valence-electron chi connectivity index (χ0n) is 30.0. The van der Waals surface area contributed by atoms with E-state index in [2.05, 4.69) is 54.6 Å². The summed E-state index contributed by atoms with van der Waals surface area (Å²) in [4.78, 5) is 35.2. The first kappa shape index (κ1) is 32.8. The summed E-state index contributed by atoms with van der Waals surface area (Å²) in [5, 5.41) is 3.28. The Bertz CT molecular complexity index is 3010. The van der Waals surface area contributed by atoms with Gasteiger partial charge >= 0.3 is 0 Å². The van der Waals surface area contributed by atoms with Crippen LogP contribution in [-0.2, 0) is 0 Å². The maximum Gasteiger partial charge on any atom is 0.182 e. The second-order valence-corrected chi connectivity index (χ2v) is 13.4. The van der Waals surface area contributed by atoms with Crippen LogP contribution in [0.1, 0.15) is 0 Å². The topological polar surface area (TPSA) is 90.2 Å². The molecular formula is C49H31N7. The Kier molecular flexibility index (Phi) is 8.35. The average molecular weight is 718 g/mol. The smallest absolute Gasteiger partial charge is 0.182 e. The van der Waals surface area contributed by atoms with Gasteiger partial charge in [0.05, 0.1) is 16.9 Å². The van der Waals surface area contributed by atoms with Crippen LogP contribution in [0.15, 0.2) is 188 Å². The van der Waals surface area contributed by atoms with Gasteiger partial charge in [-0.25, -0.2) is 34.9 Å². The van der Waals surface area contributed by atoms with Crippen LogP contribution in [0, 0.1) is 0 Å². The van der Waals surface area contributed by atoms with Gasteiger partial charge in [-0.1, -0.05) is 170 Å². The standard InChI is InChI=1S/C49H31N7/c1-4-15-34(16-5-1)45-51-42(39-29-24-32-14-10-11-21-38(32)30-39)31-43(52-45)49-55-47(36-19-8-3-9-20-36)54-48(56-49)37-27-25-33(26-28-37)44-40-22-12-13-23-41(40)50-46(53-44)35-17-6-2-7-18-35/h1-31H. The molecule has 0 atom stereocenters. The van der Waals surface area contributed by atoms with E-state index < -0.39 is 0 Å². The fourth-order valence-corrected chi connectivity index (χ4v) is 6.90. The Morgan fingerprint density at radius 3 is 1.38 bits per heavy atom. The summed E-state index contributed by atoms with van der Waals surface area (Å²) in [7, 11) is 0. The van der Waals surface area contributed by atoms with Crippen molar-refractivity contribution in [1.29, 1.82) is 0 Å². The second kappa shape index (κ2) is 14.2. The molecule has 56 heavy (non-hydrogen) atoms. The predicted molar refractivity (Wildman–Crippen MR) is 224 cm³/mol. The third-order valence-corrected chi connectivity index (χ3v) is 9.75. The molecule has 0 fully saturated rings. The van der Waals surface area contributed by atoms with Crippen LogP contribution in [0.4, 0.5) is 0 Å². The Morgan fingerprint density at radius 2 is 0.714 bits per heavy atom. The SMILES string of the molecule is c1ccc(-c2nc(-c3ccc4ccccc4c3)cc(-c3nc(-c4ccccc4)nc(-c4ccc(-c5nc(-c6ccccc6)nc6ccccc56)cc4)n3)n2)cc1. The molecule has 0 amide bonds. The molecule has 3 aromatic heterocycles. The van der Waals surface area contributed by atoms with E-state index in [0.29, 0.717) is 34.8 Å². The highest BCUT2D eigenvalue weighted by Gasteiger charge is 2.18. The largest absolute Gasteiger partial charge is 0.228 e. The van der Waals surface area contributed by atoms with Crippen LogP contribution < -0.4 is 0 Å². The van der Waals surface area contributed by atoms with Gasteiger partial charge in [0.15, 0.2) is 29.1 Å². The molecule has 3 heterocycles. The molecule has 0 aliphatic heterocycles. The van der Waals surface area contributed by atoms with Crippen LogP contribution in [-0.4, -0.2) is 34.9 Å². The van der Waals surface area contributed by atoms with Gasteiger partial charge in [-0.05, 0) is 29.0 Å². The average Bonchev–Trinajstić information content (AvgIpc) is 3.29. The highest BCUT2D eigenvalue weighted by molar-refractivity contribution is 5.94. The molecular weight excluding hydrogens is 687 g/mol. The Balaban J connectivity index is 1.11. The molecule has 0 aliphatic rings. The molecule has 7 heteroatoms. The lowest BCUT2D eigenvalue weighted by Gasteiger charge is -2.12. The van der Waals surface area contributed by atoms with E-state index >= 15 is 0 Å². The third-order valence-electron chi connectivity index (χ3n) is 9.75. The van der Waals surface area contributed by atoms with Gasteiger partial charge in [-0.15, -0.1) is 0 Å². The van der Waals surface area contributed by atoms with E-state index in [0.717, 1.165) is 61.1 Å². The van der Waals surface area contributed by atoms with Crippen molar-refractivity contribution in [3.05, 3.63) is 188 Å². The van der Waals surface area contributed by atoms with E-state index in [1.54, 1.807) is 0 Å². The molecule has 0 spiro atoms. The molecule has 0 radical (unpaired) electrons. The van der Waals surface area contributed by atoms with E-state index in [1.165, 1.54) is 5.39 Å². The first-order valence-corrected chi connectivity index (χ1v) is 18.4. The minimum Gasteiger partial charge on any atom is -0.228 e. The molecule has 0 aliphatic carbocycles. The van der Waals surface area contributed by atoms with Crippen molar-refractivity contribution in [3.63, 3.8) is 0 Å². The highest BCUT2D eigenvalue weighted by atomic mass is 15.1. The number of rotatable bonds is 7. The van der Waals surface area contributed by atoms with Crippen molar-refractivity contribution >= 4 is 21.7 Å². The van der Waals surface area contributed by atoms with Crippen molar-refractivity contribution < 1.29 is 0 Å². The van der Waals surface area contributed by atoms with Gasteiger partial charge in [0.25, 0.3) is 0 Å². The lowest BCUT2D eigenvalue weighted by Crippen LogP contribution is -2.03. The van der Waals surface area contributed by atoms with Gasteiger partial charge in [0.2, 0.25) is 0 Å². The van der Waals surface area contributed by atoms with Crippen molar-refractivity contribution in [1.82, 2.24) is 34.9 Å². The van der Waals surface area contributed by atoms with Gasteiger partial charge < -0.3 is 0 Å². The van der Waals surface area contributed by atoms with Crippen molar-refractivity contribution in [2.75, 3.05) is 0 Å². The van der Waals surface area contributed by atoms with Crippen molar-refractivity contribution in [3.8, 4) is 79.6 Å². The number of hydrogen-bond acceptors (Lipinski definition) is 7. The first-order chi connectivity index (χ1) is 27.7. The quantitative estimate of drug-likeness (QED) is 0.162. The number of aromatic nitrogens is 7. The summed E-state index contributed by atoms with van der Waals surface area (Å²) in [5.41, 5.74) is 8.64. The van der Waals surface area contributed by atoms with Gasteiger partial charge in [-0.3, -0.25) is 0 Å². The van der Waals surface area contributed by atoms with Gasteiger partial charge in [-0.2, -0.15) is 0 Å². The summed E-state index contributed by atoms with van der Waals surface area (Å²) in [5.74, 6) is 2.81. The highest BCUT2D eigenvalue weighted by Crippen LogP contribution is 2.33. The van der Waals surface area contributed by atoms with Crippen LogP contribution in [0.3, 0.4) is 0 Å². The minimum atomic E-state index is 0.453. The maximum atomic E-state index is 5.09. The first-order valence-electron chi connectivity index (χ1n) is 18.4. The molecule has 0 N–H and O–H groups in total. The van der Waals surface area contributed by atoms with Crippen LogP contribution in [0.2, 0.25) is 0 Å². The summed E-state index contributed by atoms with van der Waals surface area (Å²) >= 11 is 0. The Morgan fingerprint density at radius 1 is 0.250 bits per heavy atom. The lowest BCUT2D eigenvalue weighted by atomic mass is 10.0. The van der Waals surface area contributed by atoms with Crippen molar-refractivity contribution in [2.45, 2.75) is 0 Å². The molecule has 7 nitrogen and oxygen atoms in total. The molecule has 0 bridgehead atoms. The maximum absolute atomic E-state index is 5.09. The van der Waals surface area contributed by atoms with Gasteiger partial charge in [0, 0.05) is 38.8 Å². The Hall–Kier alpha value is -7.77. The summed E-state index contributed by atoms with van der Waals surface area (Å²) in [6.07, 6.45) is 0. The van der Waals surface area contributed by atoms with Crippen molar-refractivity contribution in [2.24, 2.45) is 0 Å². The third kappa shape index (κ3) is 6.44. The normalized spacial score (nSPS) is 11.2. The fraction of sp³-hybridized carbons (Fsp3) is 0. The summed E-state index contributed by atoms with van der Waals surface area (Å²) in [6.45, 7) is 0. The molecule has 7 aromatic carbocycles. The number of fused-ring (bicyclic) bond motifs is 2. The number of para-hydroxylation sites is 1. The predicted octanol–water partition coefficient (Wildman–Crippen LogP) is 11.4. The van der Waals surface area contributed by atoms with E-state index in [1.807, 2.05) is 133 Å². The molecule has 10 rings (SSSR count). The zero-order valence-corrected chi connectivity index (χ0v) is 30.0. The summed E-state index contributed by atoms with van der Waals surface area (Å²) < 4.78 is 0. The monoisotopic (exact) mass is 717 g/mol. The second-order valence-electron chi connectivity index (χ2n) is 13.4. The van der Waals surface area contributed by atoms with E-state index in [9.17, 15) is 0 Å². The van der Waals surface area contributed by atoms with Crippen LogP contribution in [0.5, 0.6) is 0 Å². The molecule has 262 valence electrons. The molecule has 0 saturated heterocycles. The molecule has 0 unspecified atom stereocenters. The molecule has 0 saturated carbocycles. The minimum absolute atomic E-state index is 0.453. The van der Waals surface area contributed by atoms with Crippen LogP contribution in [0.25, 0.3) is 101 Å². The Labute approximate surface area is 323 Å².